The van der Waals surface area contributed by atoms with Crippen molar-refractivity contribution >= 4 is 0 Å². The minimum absolute atomic E-state index is 0.513. The van der Waals surface area contributed by atoms with Crippen molar-refractivity contribution in [2.45, 2.75) is 56.9 Å². The first-order valence-corrected chi connectivity index (χ1v) is 9.62. The van der Waals surface area contributed by atoms with Crippen LogP contribution in [0.1, 0.15) is 67.7 Å². The van der Waals surface area contributed by atoms with Gasteiger partial charge in [-0.2, -0.15) is 5.10 Å². The predicted octanol–water partition coefficient (Wildman–Crippen LogP) is 3.46. The maximum atomic E-state index is 5.25. The number of ether oxygens (including phenoxy) is 1. The minimum atomic E-state index is 0.513. The Morgan fingerprint density at radius 2 is 1.92 bits per heavy atom. The highest BCUT2D eigenvalue weighted by molar-refractivity contribution is 5.29. The van der Waals surface area contributed by atoms with Gasteiger partial charge in [-0.05, 0) is 43.5 Å². The average molecular weight is 340 g/mol. The first kappa shape index (κ1) is 16.6. The topological polar surface area (TPSA) is 52.0 Å². The largest absolute Gasteiger partial charge is 0.497 e. The molecule has 1 N–H and O–H groups in total. The molecule has 0 spiro atoms. The maximum absolute atomic E-state index is 5.25. The van der Waals surface area contributed by atoms with Crippen LogP contribution in [0, 0.1) is 0 Å². The van der Waals surface area contributed by atoms with Gasteiger partial charge in [0, 0.05) is 18.9 Å². The van der Waals surface area contributed by atoms with Crippen molar-refractivity contribution in [1.82, 2.24) is 20.1 Å². The number of methoxy groups -OCH3 is 1. The van der Waals surface area contributed by atoms with Gasteiger partial charge in [0.1, 0.15) is 11.6 Å². The van der Waals surface area contributed by atoms with E-state index in [-0.39, 0.29) is 0 Å². The molecule has 25 heavy (non-hydrogen) atoms. The van der Waals surface area contributed by atoms with Crippen molar-refractivity contribution in [2.75, 3.05) is 20.2 Å². The molecule has 1 aromatic heterocycles. The zero-order valence-electron chi connectivity index (χ0n) is 15.1. The zero-order valence-corrected chi connectivity index (χ0v) is 15.1. The molecule has 0 unspecified atom stereocenters. The summed E-state index contributed by atoms with van der Waals surface area (Å²) < 4.78 is 7.53. The Labute approximate surface area is 149 Å². The number of aromatic nitrogens is 3. The summed E-state index contributed by atoms with van der Waals surface area (Å²) in [6.45, 7) is 2.13. The normalized spacial score (nSPS) is 21.6. The van der Waals surface area contributed by atoms with E-state index in [9.17, 15) is 0 Å². The second-order valence-corrected chi connectivity index (χ2v) is 7.34. The maximum Gasteiger partial charge on any atom is 0.155 e. The molecule has 0 bridgehead atoms. The molecule has 134 valence electrons. The van der Waals surface area contributed by atoms with Crippen LogP contribution in [0.5, 0.6) is 5.75 Å². The Morgan fingerprint density at radius 1 is 1.12 bits per heavy atom. The van der Waals surface area contributed by atoms with Gasteiger partial charge in [-0.1, -0.05) is 31.4 Å². The van der Waals surface area contributed by atoms with Gasteiger partial charge in [0.2, 0.25) is 0 Å². The second kappa shape index (κ2) is 7.56. The van der Waals surface area contributed by atoms with Gasteiger partial charge >= 0.3 is 0 Å². The molecule has 1 atom stereocenters. The Hall–Kier alpha value is -1.88. The molecule has 1 aliphatic heterocycles. The lowest BCUT2D eigenvalue weighted by atomic mass is 9.95. The quantitative estimate of drug-likeness (QED) is 0.906. The predicted molar refractivity (Wildman–Crippen MR) is 98.2 cm³/mol. The fraction of sp³-hybridized carbons (Fsp3) is 0.600. The van der Waals surface area contributed by atoms with Crippen LogP contribution in [0.15, 0.2) is 24.3 Å². The van der Waals surface area contributed by atoms with Crippen LogP contribution in [-0.4, -0.2) is 35.0 Å². The third-order valence-electron chi connectivity index (χ3n) is 5.57. The Balaban J connectivity index is 1.58. The highest BCUT2D eigenvalue weighted by atomic mass is 16.5. The van der Waals surface area contributed by atoms with Crippen LogP contribution in [0.25, 0.3) is 0 Å². The van der Waals surface area contributed by atoms with Crippen molar-refractivity contribution in [3.05, 3.63) is 41.5 Å². The average Bonchev–Trinajstić information content (AvgIpc) is 3.33. The Kier molecular flexibility index (Phi) is 5.02. The Morgan fingerprint density at radius 3 is 2.60 bits per heavy atom. The summed E-state index contributed by atoms with van der Waals surface area (Å²) in [5.74, 6) is 3.57. The fourth-order valence-electron chi connectivity index (χ4n) is 4.13. The van der Waals surface area contributed by atoms with Crippen LogP contribution >= 0.6 is 0 Å². The molecule has 1 saturated heterocycles. The number of rotatable bonds is 5. The molecule has 2 aromatic rings. The lowest BCUT2D eigenvalue weighted by Gasteiger charge is -2.24. The van der Waals surface area contributed by atoms with E-state index in [1.165, 1.54) is 49.9 Å². The van der Waals surface area contributed by atoms with Gasteiger partial charge in [0.25, 0.3) is 0 Å². The van der Waals surface area contributed by atoms with E-state index in [2.05, 4.69) is 22.1 Å². The molecule has 2 heterocycles. The van der Waals surface area contributed by atoms with Crippen molar-refractivity contribution in [1.29, 1.82) is 0 Å². The molecule has 1 saturated carbocycles. The van der Waals surface area contributed by atoms with E-state index in [0.717, 1.165) is 31.1 Å². The van der Waals surface area contributed by atoms with E-state index in [1.807, 2.05) is 12.1 Å². The molecular weight excluding hydrogens is 312 g/mol. The summed E-state index contributed by atoms with van der Waals surface area (Å²) in [6, 6.07) is 8.78. The second-order valence-electron chi connectivity index (χ2n) is 7.34. The SMILES string of the molecule is COc1ccc(Cc2nc([C@H]3CCNC3)n(C3CCCCC3)n2)cc1. The molecule has 5 heteroatoms. The van der Waals surface area contributed by atoms with Crippen molar-refractivity contribution in [3.63, 3.8) is 0 Å². The third-order valence-corrected chi connectivity index (χ3v) is 5.57. The minimum Gasteiger partial charge on any atom is -0.497 e. The van der Waals surface area contributed by atoms with E-state index in [4.69, 9.17) is 14.8 Å². The van der Waals surface area contributed by atoms with E-state index in [0.29, 0.717) is 12.0 Å². The van der Waals surface area contributed by atoms with E-state index in [1.54, 1.807) is 7.11 Å². The highest BCUT2D eigenvalue weighted by Crippen LogP contribution is 2.32. The first-order chi connectivity index (χ1) is 12.3. The monoisotopic (exact) mass is 340 g/mol. The molecule has 2 aliphatic rings. The lowest BCUT2D eigenvalue weighted by molar-refractivity contribution is 0.315. The van der Waals surface area contributed by atoms with Gasteiger partial charge in [-0.15, -0.1) is 0 Å². The standard InChI is InChI=1S/C20H28N4O/c1-25-18-9-7-15(8-10-18)13-19-22-20(16-11-12-21-14-16)24(23-19)17-5-3-2-4-6-17/h7-10,16-17,21H,2-6,11-14H2,1H3/t16-/m0/s1. The van der Waals surface area contributed by atoms with E-state index < -0.39 is 0 Å². The molecule has 2 fully saturated rings. The number of nitrogens with one attached hydrogen (secondary N) is 1. The smallest absolute Gasteiger partial charge is 0.155 e. The summed E-state index contributed by atoms with van der Waals surface area (Å²) in [5, 5.41) is 8.44. The van der Waals surface area contributed by atoms with Gasteiger partial charge in [0.15, 0.2) is 5.82 Å². The van der Waals surface area contributed by atoms with Gasteiger partial charge in [0.05, 0.1) is 13.2 Å². The van der Waals surface area contributed by atoms with Crippen LogP contribution in [-0.2, 0) is 6.42 Å². The Bertz CT molecular complexity index is 682. The summed E-state index contributed by atoms with van der Waals surface area (Å²) in [7, 11) is 1.70. The van der Waals surface area contributed by atoms with Gasteiger partial charge in [-0.25, -0.2) is 9.67 Å². The highest BCUT2D eigenvalue weighted by Gasteiger charge is 2.27. The summed E-state index contributed by atoms with van der Waals surface area (Å²) >= 11 is 0. The summed E-state index contributed by atoms with van der Waals surface area (Å²) in [4.78, 5) is 4.99. The molecular formula is C20H28N4O. The van der Waals surface area contributed by atoms with Crippen LogP contribution < -0.4 is 10.1 Å². The third kappa shape index (κ3) is 3.71. The molecule has 4 rings (SSSR count). The van der Waals surface area contributed by atoms with E-state index >= 15 is 0 Å². The van der Waals surface area contributed by atoms with Crippen LogP contribution in [0.2, 0.25) is 0 Å². The lowest BCUT2D eigenvalue weighted by Crippen LogP contribution is -2.20. The van der Waals surface area contributed by atoms with Gasteiger partial charge < -0.3 is 10.1 Å². The van der Waals surface area contributed by atoms with Crippen molar-refractivity contribution < 1.29 is 4.74 Å². The first-order valence-electron chi connectivity index (χ1n) is 9.62. The summed E-state index contributed by atoms with van der Waals surface area (Å²) in [6.07, 6.45) is 8.47. The molecule has 0 radical (unpaired) electrons. The van der Waals surface area contributed by atoms with Crippen LogP contribution in [0.3, 0.4) is 0 Å². The molecule has 0 amide bonds. The summed E-state index contributed by atoms with van der Waals surface area (Å²) in [5.41, 5.74) is 1.23. The van der Waals surface area contributed by atoms with Crippen molar-refractivity contribution in [3.8, 4) is 5.75 Å². The molecule has 1 aromatic carbocycles. The molecule has 1 aliphatic carbocycles. The van der Waals surface area contributed by atoms with Crippen molar-refractivity contribution in [2.24, 2.45) is 0 Å². The number of nitrogens with zero attached hydrogens (tertiary/aromatic N) is 3. The number of hydrogen-bond donors (Lipinski definition) is 1. The zero-order chi connectivity index (χ0) is 17.1. The molecule has 5 nitrogen and oxygen atoms in total. The van der Waals surface area contributed by atoms with Gasteiger partial charge in [-0.3, -0.25) is 0 Å². The fourth-order valence-corrected chi connectivity index (χ4v) is 4.13. The number of hydrogen-bond acceptors (Lipinski definition) is 4. The number of benzene rings is 1. The van der Waals surface area contributed by atoms with Crippen LogP contribution in [0.4, 0.5) is 0 Å².